The van der Waals surface area contributed by atoms with Crippen molar-refractivity contribution in [3.63, 3.8) is 0 Å². The van der Waals surface area contributed by atoms with Crippen LogP contribution in [-0.4, -0.2) is 23.0 Å². The maximum atomic E-state index is 13.2. The zero-order valence-electron chi connectivity index (χ0n) is 13.7. The van der Waals surface area contributed by atoms with Crippen LogP contribution in [0.4, 0.5) is 4.39 Å². The second kappa shape index (κ2) is 7.73. The van der Waals surface area contributed by atoms with Gasteiger partial charge in [0, 0.05) is 6.42 Å². The number of amides is 1. The van der Waals surface area contributed by atoms with E-state index in [0.717, 1.165) is 16.7 Å². The molecule has 4 nitrogen and oxygen atoms in total. The molecular formula is C19H20FNO3. The van der Waals surface area contributed by atoms with Crippen LogP contribution < -0.4 is 5.32 Å². The minimum Gasteiger partial charge on any atom is -0.480 e. The number of hydrogen-bond donors (Lipinski definition) is 2. The summed E-state index contributed by atoms with van der Waals surface area (Å²) in [6.45, 7) is 3.83. The molecule has 24 heavy (non-hydrogen) atoms. The maximum Gasteiger partial charge on any atom is 0.326 e. The van der Waals surface area contributed by atoms with Crippen LogP contribution in [-0.2, 0) is 22.4 Å². The highest BCUT2D eigenvalue weighted by molar-refractivity contribution is 5.85. The highest BCUT2D eigenvalue weighted by Crippen LogP contribution is 2.16. The Labute approximate surface area is 140 Å². The van der Waals surface area contributed by atoms with Crippen molar-refractivity contribution < 1.29 is 19.1 Å². The minimum atomic E-state index is -1.09. The van der Waals surface area contributed by atoms with Crippen molar-refractivity contribution in [3.05, 3.63) is 70.5 Å². The molecule has 2 aromatic carbocycles. The smallest absolute Gasteiger partial charge is 0.326 e. The highest BCUT2D eigenvalue weighted by Gasteiger charge is 2.22. The van der Waals surface area contributed by atoms with Crippen molar-refractivity contribution in [2.24, 2.45) is 0 Å². The SMILES string of the molecule is Cc1cccc(C)c1C[C@H](NC(=O)Cc1cccc(F)c1)C(=O)O. The summed E-state index contributed by atoms with van der Waals surface area (Å²) in [6, 6.07) is 10.4. The van der Waals surface area contributed by atoms with Crippen LogP contribution in [0, 0.1) is 19.7 Å². The summed E-state index contributed by atoms with van der Waals surface area (Å²) in [5.41, 5.74) is 3.39. The molecule has 126 valence electrons. The molecule has 0 aromatic heterocycles. The van der Waals surface area contributed by atoms with Gasteiger partial charge in [-0.05, 0) is 48.2 Å². The van der Waals surface area contributed by atoms with Crippen LogP contribution in [0.2, 0.25) is 0 Å². The summed E-state index contributed by atoms with van der Waals surface area (Å²) in [6.07, 6.45) is 0.150. The number of nitrogens with one attached hydrogen (secondary N) is 1. The Morgan fingerprint density at radius 1 is 1.12 bits per heavy atom. The first-order valence-corrected chi connectivity index (χ1v) is 7.68. The molecule has 0 heterocycles. The first-order valence-electron chi connectivity index (χ1n) is 7.68. The molecule has 0 fully saturated rings. The van der Waals surface area contributed by atoms with E-state index in [4.69, 9.17) is 0 Å². The topological polar surface area (TPSA) is 66.4 Å². The largest absolute Gasteiger partial charge is 0.480 e. The molecule has 2 aromatic rings. The van der Waals surface area contributed by atoms with Gasteiger partial charge in [-0.2, -0.15) is 0 Å². The van der Waals surface area contributed by atoms with Gasteiger partial charge < -0.3 is 10.4 Å². The normalized spacial score (nSPS) is 11.8. The molecular weight excluding hydrogens is 309 g/mol. The lowest BCUT2D eigenvalue weighted by molar-refractivity contribution is -0.141. The van der Waals surface area contributed by atoms with Crippen LogP contribution in [0.1, 0.15) is 22.3 Å². The van der Waals surface area contributed by atoms with Crippen molar-refractivity contribution in [1.29, 1.82) is 0 Å². The minimum absolute atomic E-state index is 0.0612. The van der Waals surface area contributed by atoms with E-state index in [1.165, 1.54) is 18.2 Å². The number of carbonyl (C=O) groups is 2. The summed E-state index contributed by atoms with van der Waals surface area (Å²) < 4.78 is 13.2. The molecule has 0 unspecified atom stereocenters. The van der Waals surface area contributed by atoms with E-state index >= 15 is 0 Å². The molecule has 0 aliphatic heterocycles. The van der Waals surface area contributed by atoms with E-state index < -0.39 is 23.7 Å². The standard InChI is InChI=1S/C19H20FNO3/c1-12-5-3-6-13(2)16(12)11-17(19(23)24)21-18(22)10-14-7-4-8-15(20)9-14/h3-9,17H,10-11H2,1-2H3,(H,21,22)(H,23,24)/t17-/m0/s1. The lowest BCUT2D eigenvalue weighted by Crippen LogP contribution is -2.43. The van der Waals surface area contributed by atoms with Crippen molar-refractivity contribution >= 4 is 11.9 Å². The predicted molar refractivity (Wildman–Crippen MR) is 89.3 cm³/mol. The summed E-state index contributed by atoms with van der Waals surface area (Å²) in [5.74, 6) is -1.96. The third-order valence-corrected chi connectivity index (χ3v) is 3.94. The zero-order chi connectivity index (χ0) is 17.7. The number of aryl methyl sites for hydroxylation is 2. The Bertz CT molecular complexity index is 738. The summed E-state index contributed by atoms with van der Waals surface area (Å²) in [5, 5.41) is 11.9. The lowest BCUT2D eigenvalue weighted by Gasteiger charge is -2.17. The van der Waals surface area contributed by atoms with E-state index in [1.807, 2.05) is 32.0 Å². The molecule has 1 amide bonds. The van der Waals surface area contributed by atoms with Gasteiger partial charge in [0.15, 0.2) is 0 Å². The highest BCUT2D eigenvalue weighted by atomic mass is 19.1. The third-order valence-electron chi connectivity index (χ3n) is 3.94. The quantitative estimate of drug-likeness (QED) is 0.856. The van der Waals surface area contributed by atoms with Crippen molar-refractivity contribution in [2.75, 3.05) is 0 Å². The van der Waals surface area contributed by atoms with Gasteiger partial charge in [0.2, 0.25) is 5.91 Å². The number of carbonyl (C=O) groups excluding carboxylic acids is 1. The number of halogens is 1. The zero-order valence-corrected chi connectivity index (χ0v) is 13.7. The average Bonchev–Trinajstić information content (AvgIpc) is 2.49. The predicted octanol–water partition coefficient (Wildman–Crippen LogP) is 2.80. The molecule has 0 aliphatic rings. The van der Waals surface area contributed by atoms with Gasteiger partial charge in [0.05, 0.1) is 6.42 Å². The molecule has 2 N–H and O–H groups in total. The van der Waals surface area contributed by atoms with Gasteiger partial charge in [0.1, 0.15) is 11.9 Å². The molecule has 0 saturated heterocycles. The summed E-state index contributed by atoms with van der Waals surface area (Å²) >= 11 is 0. The lowest BCUT2D eigenvalue weighted by atomic mass is 9.96. The van der Waals surface area contributed by atoms with Gasteiger partial charge >= 0.3 is 5.97 Å². The van der Waals surface area contributed by atoms with Gasteiger partial charge in [-0.15, -0.1) is 0 Å². The number of benzene rings is 2. The van der Waals surface area contributed by atoms with Gasteiger partial charge in [-0.1, -0.05) is 30.3 Å². The first kappa shape index (κ1) is 17.7. The number of rotatable bonds is 6. The van der Waals surface area contributed by atoms with E-state index in [1.54, 1.807) is 6.07 Å². The van der Waals surface area contributed by atoms with Gasteiger partial charge in [-0.25, -0.2) is 9.18 Å². The molecule has 5 heteroatoms. The fourth-order valence-electron chi connectivity index (χ4n) is 2.65. The Hall–Kier alpha value is -2.69. The molecule has 0 aliphatic carbocycles. The molecule has 0 saturated carbocycles. The maximum absolute atomic E-state index is 13.2. The van der Waals surface area contributed by atoms with Crippen LogP contribution in [0.3, 0.4) is 0 Å². The van der Waals surface area contributed by atoms with Crippen molar-refractivity contribution in [2.45, 2.75) is 32.7 Å². The average molecular weight is 329 g/mol. The molecule has 0 radical (unpaired) electrons. The van der Waals surface area contributed by atoms with E-state index in [9.17, 15) is 19.1 Å². The Morgan fingerprint density at radius 2 is 1.75 bits per heavy atom. The number of carboxylic acid groups (broad SMARTS) is 1. The van der Waals surface area contributed by atoms with E-state index in [2.05, 4.69) is 5.32 Å². The van der Waals surface area contributed by atoms with Gasteiger partial charge in [0.25, 0.3) is 0 Å². The van der Waals surface area contributed by atoms with Crippen molar-refractivity contribution in [1.82, 2.24) is 5.32 Å². The fraction of sp³-hybridized carbons (Fsp3) is 0.263. The second-order valence-electron chi connectivity index (χ2n) is 5.84. The number of hydrogen-bond acceptors (Lipinski definition) is 2. The fourth-order valence-corrected chi connectivity index (χ4v) is 2.65. The summed E-state index contributed by atoms with van der Waals surface area (Å²) in [4.78, 5) is 23.6. The third kappa shape index (κ3) is 4.65. The Kier molecular flexibility index (Phi) is 5.68. The van der Waals surface area contributed by atoms with E-state index in [0.29, 0.717) is 5.56 Å². The summed E-state index contributed by atoms with van der Waals surface area (Å²) in [7, 11) is 0. The Balaban J connectivity index is 2.08. The molecule has 1 atom stereocenters. The first-order chi connectivity index (χ1) is 11.4. The molecule has 0 spiro atoms. The number of aliphatic carboxylic acids is 1. The molecule has 2 rings (SSSR count). The van der Waals surface area contributed by atoms with Crippen LogP contribution in [0.25, 0.3) is 0 Å². The van der Waals surface area contributed by atoms with Crippen LogP contribution in [0.15, 0.2) is 42.5 Å². The second-order valence-corrected chi connectivity index (χ2v) is 5.84. The van der Waals surface area contributed by atoms with Gasteiger partial charge in [-0.3, -0.25) is 4.79 Å². The monoisotopic (exact) mass is 329 g/mol. The molecule has 0 bridgehead atoms. The van der Waals surface area contributed by atoms with Crippen LogP contribution in [0.5, 0.6) is 0 Å². The number of carboxylic acids is 1. The van der Waals surface area contributed by atoms with E-state index in [-0.39, 0.29) is 12.8 Å². The van der Waals surface area contributed by atoms with Crippen molar-refractivity contribution in [3.8, 4) is 0 Å². The Morgan fingerprint density at radius 3 is 2.33 bits per heavy atom. The van der Waals surface area contributed by atoms with Crippen LogP contribution >= 0.6 is 0 Å².